The van der Waals surface area contributed by atoms with Crippen molar-refractivity contribution in [3.63, 3.8) is 0 Å². The van der Waals surface area contributed by atoms with E-state index in [4.69, 9.17) is 21.8 Å². The number of hydrogen-bond acceptors (Lipinski definition) is 6. The first-order valence-electron chi connectivity index (χ1n) is 14.3. The van der Waals surface area contributed by atoms with Gasteiger partial charge in [0, 0.05) is 97.9 Å². The van der Waals surface area contributed by atoms with Gasteiger partial charge in [-0.3, -0.25) is 14.4 Å². The molecule has 2 unspecified atom stereocenters. The third-order valence-electron chi connectivity index (χ3n) is 5.78. The van der Waals surface area contributed by atoms with E-state index in [1.54, 1.807) is 6.92 Å². The number of unbranched alkanes of at least 4 members (excludes halogenated alkanes) is 4. The number of hydrogen-bond donors (Lipinski definition) is 3. The normalized spacial score (nSPS) is 17.4. The van der Waals surface area contributed by atoms with Gasteiger partial charge in [-0.1, -0.05) is 31.6 Å². The van der Waals surface area contributed by atoms with E-state index in [-0.39, 0.29) is 12.5 Å². The zero-order valence-electron chi connectivity index (χ0n) is 26.4. The lowest BCUT2D eigenvalue weighted by molar-refractivity contribution is -0.0194. The molecule has 2 amide bonds. The zero-order valence-corrected chi connectivity index (χ0v) is 27.3. The van der Waals surface area contributed by atoms with Gasteiger partial charge in [-0.25, -0.2) is 9.36 Å². The predicted molar refractivity (Wildman–Crippen MR) is 179 cm³/mol. The molecule has 0 aromatic carbocycles. The molecular formula is C36H32BN2O7P. The van der Waals surface area contributed by atoms with E-state index in [1.807, 2.05) is 0 Å². The quantitative estimate of drug-likeness (QED) is 0.0922. The molecule has 0 bridgehead atoms. The molecule has 1 saturated heterocycles. The van der Waals surface area contributed by atoms with Crippen LogP contribution in [0.5, 0.6) is 0 Å². The van der Waals surface area contributed by atoms with Crippen LogP contribution >= 0.6 is 7.82 Å². The maximum Gasteiger partial charge on any atom is 0.472 e. The first kappa shape index (κ1) is 40.0. The lowest BCUT2D eigenvalue weighted by Crippen LogP contribution is -2.33. The van der Waals surface area contributed by atoms with Crippen LogP contribution in [0, 0.1) is 124 Å². The highest BCUT2D eigenvalue weighted by atomic mass is 31.2. The summed E-state index contributed by atoms with van der Waals surface area (Å²) in [7, 11) is 4.51. The average molecular weight is 646 g/mol. The molecule has 1 aliphatic heterocycles. The molecule has 1 fully saturated rings. The Bertz CT molecular complexity index is 1760. The van der Waals surface area contributed by atoms with E-state index in [9.17, 15) is 14.3 Å². The number of ether oxygens (including phenoxy) is 2. The van der Waals surface area contributed by atoms with Gasteiger partial charge in [-0.05, 0) is 67.1 Å². The van der Waals surface area contributed by atoms with E-state index >= 15 is 0 Å². The van der Waals surface area contributed by atoms with Gasteiger partial charge in [-0.2, -0.15) is 0 Å². The molecule has 47 heavy (non-hydrogen) atoms. The van der Waals surface area contributed by atoms with Gasteiger partial charge < -0.3 is 19.7 Å². The van der Waals surface area contributed by atoms with Gasteiger partial charge in [-0.15, -0.1) is 0 Å². The molecule has 9 nitrogen and oxygen atoms in total. The highest BCUT2D eigenvalue weighted by Crippen LogP contribution is 2.48. The summed E-state index contributed by atoms with van der Waals surface area (Å²) in [4.78, 5) is 21.6. The van der Waals surface area contributed by atoms with Gasteiger partial charge >= 0.3 is 13.9 Å². The largest absolute Gasteiger partial charge is 0.472 e. The highest BCUT2D eigenvalue weighted by Gasteiger charge is 2.45. The second kappa shape index (κ2) is 26.2. The van der Waals surface area contributed by atoms with Crippen LogP contribution in [0.3, 0.4) is 0 Å². The molecule has 0 aromatic rings. The molecule has 1 aliphatic rings. The van der Waals surface area contributed by atoms with Crippen molar-refractivity contribution in [2.75, 3.05) is 27.4 Å². The number of carbonyl (C=O) groups is 1. The topological polar surface area (TPSA) is 115 Å². The summed E-state index contributed by atoms with van der Waals surface area (Å²) in [6.07, 6.45) is 3.76. The number of urea groups is 1. The summed E-state index contributed by atoms with van der Waals surface area (Å²) in [5, 5.41) is 5.10. The van der Waals surface area contributed by atoms with Crippen LogP contribution in [-0.2, 0) is 23.1 Å². The monoisotopic (exact) mass is 646 g/mol. The Morgan fingerprint density at radius 2 is 1.28 bits per heavy atom. The molecule has 0 aliphatic carbocycles. The fraction of sp³-hybridized carbons (Fsp3) is 0.417. The summed E-state index contributed by atoms with van der Waals surface area (Å²) in [5.41, 5.74) is 0. The molecule has 3 N–H and O–H groups in total. The molecule has 11 heteroatoms. The van der Waals surface area contributed by atoms with Gasteiger partial charge in [0.05, 0.1) is 6.61 Å². The fourth-order valence-electron chi connectivity index (χ4n) is 3.78. The maximum absolute atomic E-state index is 12.0. The second-order valence-electron chi connectivity index (χ2n) is 9.04. The van der Waals surface area contributed by atoms with E-state index < -0.39 is 32.1 Å². The molecule has 0 aromatic heterocycles. The summed E-state index contributed by atoms with van der Waals surface area (Å²) >= 11 is 0. The number of phosphoric acid groups is 1. The lowest BCUT2D eigenvalue weighted by Gasteiger charge is -2.25. The van der Waals surface area contributed by atoms with Crippen molar-refractivity contribution in [3.05, 3.63) is 0 Å². The number of carbonyl (C=O) groups excluding carboxylic acids is 1. The summed E-state index contributed by atoms with van der Waals surface area (Å²) in [6, 6.07) is 1.38. The molecule has 1 rings (SSSR count). The molecule has 0 saturated carbocycles. The number of nitrogens with one attached hydrogen (secondary N) is 2. The Labute approximate surface area is 280 Å². The smallest absolute Gasteiger partial charge is 0.382 e. The second-order valence-corrected chi connectivity index (χ2v) is 10.6. The van der Waals surface area contributed by atoms with Gasteiger partial charge in [0.25, 0.3) is 0 Å². The van der Waals surface area contributed by atoms with Gasteiger partial charge in [0.2, 0.25) is 0 Å². The first-order chi connectivity index (χ1) is 22.8. The molecule has 5 atom stereocenters. The van der Waals surface area contributed by atoms with E-state index in [0.717, 1.165) is 39.2 Å². The van der Waals surface area contributed by atoms with Crippen LogP contribution in [0.1, 0.15) is 45.4 Å². The van der Waals surface area contributed by atoms with Crippen molar-refractivity contribution < 1.29 is 32.8 Å². The minimum absolute atomic E-state index is 0.181. The number of rotatable bonds is 13. The summed E-state index contributed by atoms with van der Waals surface area (Å²) in [5.74, 6) is 47.4. The van der Waals surface area contributed by atoms with Crippen LogP contribution in [0.2, 0.25) is 0 Å². The Kier molecular flexibility index (Phi) is 22.3. The number of phosphoric ester groups is 1. The molecule has 236 valence electrons. The lowest BCUT2D eigenvalue weighted by atomic mass is 9.81. The third-order valence-corrected chi connectivity index (χ3v) is 6.76. The first-order valence-corrected chi connectivity index (χ1v) is 15.8. The predicted octanol–water partition coefficient (Wildman–Crippen LogP) is 1.93. The van der Waals surface area contributed by atoms with Crippen molar-refractivity contribution in [1.29, 1.82) is 0 Å². The van der Waals surface area contributed by atoms with E-state index in [2.05, 4.69) is 134 Å². The molecule has 0 spiro atoms. The molecule has 2 radical (unpaired) electrons. The van der Waals surface area contributed by atoms with Crippen LogP contribution in [0.15, 0.2) is 0 Å². The Balaban J connectivity index is 2.24. The van der Waals surface area contributed by atoms with Crippen LogP contribution in [0.25, 0.3) is 0 Å². The third kappa shape index (κ3) is 20.6. The summed E-state index contributed by atoms with van der Waals surface area (Å²) < 4.78 is 32.7. The van der Waals surface area contributed by atoms with Crippen molar-refractivity contribution in [1.82, 2.24) is 10.6 Å². The van der Waals surface area contributed by atoms with Crippen LogP contribution < -0.4 is 10.6 Å². The highest BCUT2D eigenvalue weighted by molar-refractivity contribution is 7.47. The Morgan fingerprint density at radius 1 is 0.787 bits per heavy atom. The van der Waals surface area contributed by atoms with Crippen LogP contribution in [-0.4, -0.2) is 64.4 Å². The summed E-state index contributed by atoms with van der Waals surface area (Å²) in [6.45, 7) is 2.36. The van der Waals surface area contributed by atoms with Crippen molar-refractivity contribution in [3.8, 4) is 119 Å². The minimum atomic E-state index is -4.21. The van der Waals surface area contributed by atoms with Crippen molar-refractivity contribution >= 4 is 21.7 Å². The Hall–Kier alpha value is -5.04. The van der Waals surface area contributed by atoms with Crippen molar-refractivity contribution in [2.45, 2.75) is 63.7 Å². The number of amides is 2. The minimum Gasteiger partial charge on any atom is -0.382 e. The molecule has 1 heterocycles. The van der Waals surface area contributed by atoms with E-state index in [0.29, 0.717) is 13.0 Å². The SMILES string of the molecule is [B][C@@H]1O[C@H](COC)C(OP(=O)(O)OC)[C@@H]1CCCCCCCNC(=O)NC#CC#CC#CC#CC#CC#CC#CC#CC#CC#CC. The van der Waals surface area contributed by atoms with E-state index in [1.165, 1.54) is 7.11 Å². The fourth-order valence-corrected chi connectivity index (χ4v) is 4.46. The maximum atomic E-state index is 12.0. The van der Waals surface area contributed by atoms with Gasteiger partial charge in [0.15, 0.2) is 0 Å². The molecular weight excluding hydrogens is 614 g/mol. The Morgan fingerprint density at radius 3 is 1.79 bits per heavy atom. The number of methoxy groups -OCH3 is 1. The standard InChI is InChI=1S/C36H32BN2O7P/c1-4-5-6-7-8-9-10-11-12-13-14-15-16-17-18-19-20-23-26-29-38-36(40)39-30-27-24-21-22-25-28-32-34(46-47(41,42)44-3)33(31-43-2)45-35(32)37/h32-35H,21-22,24-25,27-28,30-31H2,1-3H3,(H,41,42)(H2,38,39,40)/t32-,33+,34?,35+/m0/s1. The average Bonchev–Trinajstić information content (AvgIpc) is 3.33. The van der Waals surface area contributed by atoms with Crippen molar-refractivity contribution in [2.24, 2.45) is 5.92 Å². The van der Waals surface area contributed by atoms with Gasteiger partial charge in [0.1, 0.15) is 20.1 Å². The zero-order chi connectivity index (χ0) is 34.4. The van der Waals surface area contributed by atoms with Crippen LogP contribution in [0.4, 0.5) is 4.79 Å².